The molecule has 128 valence electrons. The maximum absolute atomic E-state index is 11.9. The average molecular weight is 318 g/mol. The van der Waals surface area contributed by atoms with E-state index < -0.39 is 5.60 Å². The molecule has 0 aromatic heterocycles. The summed E-state index contributed by atoms with van der Waals surface area (Å²) in [5, 5.41) is 3.60. The Morgan fingerprint density at radius 2 is 2.09 bits per heavy atom. The molecule has 1 atom stereocenters. The number of likely N-dealkylation sites (tertiary alicyclic amines) is 1. The number of hydrogen-bond acceptors (Lipinski definition) is 3. The van der Waals surface area contributed by atoms with Crippen molar-refractivity contribution < 1.29 is 9.53 Å². The third-order valence-electron chi connectivity index (χ3n) is 4.00. The van der Waals surface area contributed by atoms with Crippen LogP contribution in [-0.4, -0.2) is 41.8 Å². The van der Waals surface area contributed by atoms with E-state index in [2.05, 4.69) is 43.4 Å². The van der Waals surface area contributed by atoms with Crippen LogP contribution in [0.5, 0.6) is 0 Å². The summed E-state index contributed by atoms with van der Waals surface area (Å²) in [5.41, 5.74) is 2.29. The minimum atomic E-state index is -0.420. The number of benzene rings is 1. The van der Waals surface area contributed by atoms with E-state index in [1.165, 1.54) is 11.1 Å². The fourth-order valence-corrected chi connectivity index (χ4v) is 2.80. The number of carbonyl (C=O) groups excluding carboxylic acids is 1. The van der Waals surface area contributed by atoms with E-state index in [0.29, 0.717) is 12.1 Å². The van der Waals surface area contributed by atoms with Crippen LogP contribution < -0.4 is 5.32 Å². The number of nitrogens with zero attached hydrogens (tertiary/aromatic N) is 1. The van der Waals surface area contributed by atoms with Gasteiger partial charge in [-0.15, -0.1) is 0 Å². The van der Waals surface area contributed by atoms with Gasteiger partial charge >= 0.3 is 6.09 Å². The molecule has 4 heteroatoms. The lowest BCUT2D eigenvalue weighted by Crippen LogP contribution is -2.62. The highest BCUT2D eigenvalue weighted by Gasteiger charge is 2.33. The third-order valence-corrected chi connectivity index (χ3v) is 4.00. The van der Waals surface area contributed by atoms with Crippen LogP contribution in [0.15, 0.2) is 24.3 Å². The molecular formula is C19H30N2O2. The monoisotopic (exact) mass is 318 g/mol. The SMILES string of the molecule is Cc1cccc(CCC(C)NC2CN(C(=O)OC(C)(C)C)C2)c1. The Balaban J connectivity index is 1.66. The van der Waals surface area contributed by atoms with Gasteiger partial charge in [0, 0.05) is 25.2 Å². The van der Waals surface area contributed by atoms with Crippen molar-refractivity contribution in [2.24, 2.45) is 0 Å². The van der Waals surface area contributed by atoms with Gasteiger partial charge < -0.3 is 15.0 Å². The first-order valence-corrected chi connectivity index (χ1v) is 8.52. The second kappa shape index (κ2) is 7.35. The Morgan fingerprint density at radius 3 is 2.70 bits per heavy atom. The molecular weight excluding hydrogens is 288 g/mol. The molecule has 0 spiro atoms. The summed E-state index contributed by atoms with van der Waals surface area (Å²) in [6, 6.07) is 9.52. The minimum absolute atomic E-state index is 0.206. The van der Waals surface area contributed by atoms with Crippen molar-refractivity contribution in [2.75, 3.05) is 13.1 Å². The minimum Gasteiger partial charge on any atom is -0.444 e. The normalized spacial score (nSPS) is 16.8. The molecule has 1 N–H and O–H groups in total. The van der Waals surface area contributed by atoms with E-state index >= 15 is 0 Å². The summed E-state index contributed by atoms with van der Waals surface area (Å²) < 4.78 is 5.37. The molecule has 0 radical (unpaired) electrons. The molecule has 1 aliphatic heterocycles. The summed E-state index contributed by atoms with van der Waals surface area (Å²) in [7, 11) is 0. The van der Waals surface area contributed by atoms with E-state index in [4.69, 9.17) is 4.74 Å². The predicted octanol–water partition coefficient (Wildman–Crippen LogP) is 3.53. The van der Waals surface area contributed by atoms with E-state index in [9.17, 15) is 4.79 Å². The maximum atomic E-state index is 11.9. The summed E-state index contributed by atoms with van der Waals surface area (Å²) in [6.45, 7) is 11.5. The number of ether oxygens (including phenoxy) is 1. The lowest BCUT2D eigenvalue weighted by Gasteiger charge is -2.41. The second-order valence-electron chi connectivity index (χ2n) is 7.68. The van der Waals surface area contributed by atoms with Gasteiger partial charge in [-0.1, -0.05) is 29.8 Å². The molecule has 1 heterocycles. The summed E-state index contributed by atoms with van der Waals surface area (Å²) >= 11 is 0. The van der Waals surface area contributed by atoms with Gasteiger partial charge in [0.1, 0.15) is 5.60 Å². The van der Waals surface area contributed by atoms with Gasteiger partial charge in [-0.25, -0.2) is 4.79 Å². The Bertz CT molecular complexity index is 530. The van der Waals surface area contributed by atoms with Gasteiger partial charge in [0.15, 0.2) is 0 Å². The summed E-state index contributed by atoms with van der Waals surface area (Å²) in [4.78, 5) is 13.7. The van der Waals surface area contributed by atoms with Crippen molar-refractivity contribution >= 4 is 6.09 Å². The number of carbonyl (C=O) groups is 1. The molecule has 1 aromatic carbocycles. The Hall–Kier alpha value is -1.55. The fraction of sp³-hybridized carbons (Fsp3) is 0.632. The molecule has 0 bridgehead atoms. The van der Waals surface area contributed by atoms with E-state index in [1.807, 2.05) is 20.8 Å². The zero-order valence-electron chi connectivity index (χ0n) is 15.1. The van der Waals surface area contributed by atoms with Gasteiger partial charge in [-0.3, -0.25) is 0 Å². The van der Waals surface area contributed by atoms with Crippen molar-refractivity contribution in [3.05, 3.63) is 35.4 Å². The molecule has 1 fully saturated rings. The third kappa shape index (κ3) is 5.87. The van der Waals surface area contributed by atoms with Crippen molar-refractivity contribution in [3.63, 3.8) is 0 Å². The Kier molecular flexibility index (Phi) is 5.69. The van der Waals surface area contributed by atoms with Gasteiger partial charge in [-0.05, 0) is 53.0 Å². The highest BCUT2D eigenvalue weighted by Crippen LogP contribution is 2.16. The second-order valence-corrected chi connectivity index (χ2v) is 7.68. The van der Waals surface area contributed by atoms with Crippen LogP contribution in [0.1, 0.15) is 45.2 Å². The van der Waals surface area contributed by atoms with E-state index in [-0.39, 0.29) is 6.09 Å². The van der Waals surface area contributed by atoms with Gasteiger partial charge in [0.2, 0.25) is 0 Å². The van der Waals surface area contributed by atoms with Gasteiger partial charge in [0.25, 0.3) is 0 Å². The quantitative estimate of drug-likeness (QED) is 0.903. The molecule has 4 nitrogen and oxygen atoms in total. The standard InChI is InChI=1S/C19H30N2O2/c1-14-7-6-8-16(11-14)10-9-15(2)20-17-12-21(13-17)18(22)23-19(3,4)5/h6-8,11,15,17,20H,9-10,12-13H2,1-5H3. The summed E-state index contributed by atoms with van der Waals surface area (Å²) in [5.74, 6) is 0. The molecule has 1 aromatic rings. The number of nitrogens with one attached hydrogen (secondary N) is 1. The Morgan fingerprint density at radius 1 is 1.39 bits per heavy atom. The van der Waals surface area contributed by atoms with Crippen LogP contribution in [0.25, 0.3) is 0 Å². The van der Waals surface area contributed by atoms with Crippen molar-refractivity contribution in [1.29, 1.82) is 0 Å². The first kappa shape index (κ1) is 17.8. The van der Waals surface area contributed by atoms with Gasteiger partial charge in [0.05, 0.1) is 0 Å². The van der Waals surface area contributed by atoms with Crippen molar-refractivity contribution in [1.82, 2.24) is 10.2 Å². The number of amides is 1. The first-order chi connectivity index (χ1) is 10.7. The maximum Gasteiger partial charge on any atom is 0.410 e. The average Bonchev–Trinajstić information content (AvgIpc) is 2.38. The zero-order valence-corrected chi connectivity index (χ0v) is 15.1. The molecule has 2 rings (SSSR count). The molecule has 23 heavy (non-hydrogen) atoms. The van der Waals surface area contributed by atoms with Crippen LogP contribution in [0.4, 0.5) is 4.79 Å². The smallest absolute Gasteiger partial charge is 0.410 e. The molecule has 1 unspecified atom stereocenters. The fourth-order valence-electron chi connectivity index (χ4n) is 2.80. The molecule has 1 saturated heterocycles. The Labute approximate surface area is 140 Å². The van der Waals surface area contributed by atoms with Crippen molar-refractivity contribution in [3.8, 4) is 0 Å². The predicted molar refractivity (Wildman–Crippen MR) is 93.7 cm³/mol. The number of aryl methyl sites for hydroxylation is 2. The summed E-state index contributed by atoms with van der Waals surface area (Å²) in [6.07, 6.45) is 1.98. The van der Waals surface area contributed by atoms with E-state index in [1.54, 1.807) is 4.90 Å². The number of hydrogen-bond donors (Lipinski definition) is 1. The van der Waals surface area contributed by atoms with Crippen LogP contribution >= 0.6 is 0 Å². The van der Waals surface area contributed by atoms with Gasteiger partial charge in [-0.2, -0.15) is 0 Å². The molecule has 0 saturated carbocycles. The lowest BCUT2D eigenvalue weighted by molar-refractivity contribution is 0.00427. The molecule has 1 aliphatic rings. The highest BCUT2D eigenvalue weighted by molar-refractivity contribution is 5.69. The molecule has 1 amide bonds. The zero-order chi connectivity index (χ0) is 17.0. The highest BCUT2D eigenvalue weighted by atomic mass is 16.6. The van der Waals surface area contributed by atoms with Crippen LogP contribution in [0.3, 0.4) is 0 Å². The first-order valence-electron chi connectivity index (χ1n) is 8.52. The van der Waals surface area contributed by atoms with Crippen LogP contribution in [-0.2, 0) is 11.2 Å². The lowest BCUT2D eigenvalue weighted by atomic mass is 10.0. The van der Waals surface area contributed by atoms with E-state index in [0.717, 1.165) is 25.9 Å². The van der Waals surface area contributed by atoms with Crippen molar-refractivity contribution in [2.45, 2.75) is 65.1 Å². The largest absolute Gasteiger partial charge is 0.444 e. The number of rotatable bonds is 5. The molecule has 0 aliphatic carbocycles. The van der Waals surface area contributed by atoms with Crippen LogP contribution in [0.2, 0.25) is 0 Å². The van der Waals surface area contributed by atoms with Crippen LogP contribution in [0, 0.1) is 6.92 Å². The topological polar surface area (TPSA) is 41.6 Å².